The molecule has 1 aromatic rings. The third kappa shape index (κ3) is 3.07. The number of piperidine rings is 1. The Hall–Kier alpha value is -0.920. The number of fused-ring (bicyclic) bond motifs is 1. The molecule has 1 aromatic heterocycles. The molecule has 22 heavy (non-hydrogen) atoms. The third-order valence-corrected chi connectivity index (χ3v) is 6.44. The molecule has 1 fully saturated rings. The zero-order valence-corrected chi connectivity index (χ0v) is 14.1. The molecule has 3 rings (SSSR count). The lowest BCUT2D eigenvalue weighted by Gasteiger charge is -2.32. The average molecular weight is 326 g/mol. The van der Waals surface area contributed by atoms with Crippen molar-refractivity contribution in [1.82, 2.24) is 19.2 Å². The van der Waals surface area contributed by atoms with Gasteiger partial charge in [-0.25, -0.2) is 13.4 Å². The van der Waals surface area contributed by atoms with Crippen LogP contribution in [-0.2, 0) is 23.0 Å². The molecule has 0 aromatic carbocycles. The summed E-state index contributed by atoms with van der Waals surface area (Å²) in [6.07, 6.45) is 7.43. The Morgan fingerprint density at radius 1 is 1.36 bits per heavy atom. The van der Waals surface area contributed by atoms with Crippen LogP contribution in [0.4, 0.5) is 0 Å². The summed E-state index contributed by atoms with van der Waals surface area (Å²) in [6, 6.07) is 0.102. The van der Waals surface area contributed by atoms with E-state index in [0.29, 0.717) is 6.54 Å². The first kappa shape index (κ1) is 16.0. The summed E-state index contributed by atoms with van der Waals surface area (Å²) in [5.41, 5.74) is 0. The van der Waals surface area contributed by atoms with Crippen LogP contribution in [0.1, 0.15) is 44.9 Å². The van der Waals surface area contributed by atoms with Crippen LogP contribution in [0.15, 0.2) is 11.2 Å². The maximum atomic E-state index is 13.1. The van der Waals surface area contributed by atoms with Crippen LogP contribution in [-0.4, -0.2) is 48.0 Å². The minimum absolute atomic E-state index is 0.102. The second-order valence-electron chi connectivity index (χ2n) is 6.24. The summed E-state index contributed by atoms with van der Waals surface area (Å²) >= 11 is 0. The first-order chi connectivity index (χ1) is 10.6. The van der Waals surface area contributed by atoms with Gasteiger partial charge in [0, 0.05) is 31.7 Å². The lowest BCUT2D eigenvalue weighted by Crippen LogP contribution is -2.46. The molecule has 0 amide bonds. The number of rotatable bonds is 5. The van der Waals surface area contributed by atoms with Gasteiger partial charge in [0.2, 0.25) is 0 Å². The number of aromatic nitrogens is 2. The maximum Gasteiger partial charge on any atom is 0.262 e. The van der Waals surface area contributed by atoms with E-state index in [1.807, 2.05) is 11.5 Å². The van der Waals surface area contributed by atoms with Crippen LogP contribution in [0.3, 0.4) is 0 Å². The van der Waals surface area contributed by atoms with Gasteiger partial charge in [-0.15, -0.1) is 0 Å². The second-order valence-corrected chi connectivity index (χ2v) is 8.08. The van der Waals surface area contributed by atoms with Gasteiger partial charge in [-0.2, -0.15) is 4.31 Å². The molecule has 0 atom stereocenters. The van der Waals surface area contributed by atoms with Gasteiger partial charge in [0.1, 0.15) is 5.82 Å². The van der Waals surface area contributed by atoms with E-state index in [9.17, 15) is 8.42 Å². The van der Waals surface area contributed by atoms with Crippen molar-refractivity contribution < 1.29 is 8.42 Å². The molecular formula is C15H26N4O2S. The van der Waals surface area contributed by atoms with E-state index in [4.69, 9.17) is 0 Å². The molecule has 7 heteroatoms. The van der Waals surface area contributed by atoms with Crippen molar-refractivity contribution in [2.75, 3.05) is 19.6 Å². The van der Waals surface area contributed by atoms with Crippen molar-refractivity contribution in [2.24, 2.45) is 0 Å². The highest BCUT2D eigenvalue weighted by atomic mass is 32.2. The monoisotopic (exact) mass is 326 g/mol. The highest BCUT2D eigenvalue weighted by Crippen LogP contribution is 2.24. The Kier molecular flexibility index (Phi) is 4.84. The molecule has 6 nitrogen and oxygen atoms in total. The summed E-state index contributed by atoms with van der Waals surface area (Å²) in [6.45, 7) is 5.27. The van der Waals surface area contributed by atoms with Crippen molar-refractivity contribution in [3.8, 4) is 0 Å². The predicted molar refractivity (Wildman–Crippen MR) is 85.2 cm³/mol. The van der Waals surface area contributed by atoms with Gasteiger partial charge >= 0.3 is 0 Å². The molecule has 0 bridgehead atoms. The second kappa shape index (κ2) is 6.68. The van der Waals surface area contributed by atoms with E-state index in [0.717, 1.165) is 64.0 Å². The quantitative estimate of drug-likeness (QED) is 0.887. The fraction of sp³-hybridized carbons (Fsp3) is 0.800. The summed E-state index contributed by atoms with van der Waals surface area (Å²) in [5, 5.41) is 3.55. The van der Waals surface area contributed by atoms with Crippen molar-refractivity contribution in [3.05, 3.63) is 12.0 Å². The number of nitrogens with one attached hydrogen (secondary N) is 1. The molecule has 0 saturated carbocycles. The average Bonchev–Trinajstić information content (AvgIpc) is 2.98. The summed E-state index contributed by atoms with van der Waals surface area (Å²) in [4.78, 5) is 4.44. The van der Waals surface area contributed by atoms with E-state index >= 15 is 0 Å². The van der Waals surface area contributed by atoms with Gasteiger partial charge < -0.3 is 9.88 Å². The van der Waals surface area contributed by atoms with Gasteiger partial charge in [-0.05, 0) is 45.2 Å². The Labute approximate surface area is 133 Å². The molecule has 3 heterocycles. The van der Waals surface area contributed by atoms with Gasteiger partial charge in [-0.3, -0.25) is 0 Å². The van der Waals surface area contributed by atoms with E-state index in [-0.39, 0.29) is 11.1 Å². The zero-order chi connectivity index (χ0) is 15.6. The number of hydrogen-bond donors (Lipinski definition) is 1. The van der Waals surface area contributed by atoms with Crippen LogP contribution in [0, 0.1) is 0 Å². The van der Waals surface area contributed by atoms with Gasteiger partial charge in [0.25, 0.3) is 10.0 Å². The van der Waals surface area contributed by atoms with Crippen LogP contribution in [0.5, 0.6) is 0 Å². The molecule has 1 saturated heterocycles. The third-order valence-electron chi connectivity index (χ3n) is 4.62. The van der Waals surface area contributed by atoms with E-state index in [1.54, 1.807) is 10.5 Å². The number of aryl methyl sites for hydroxylation is 2. The molecule has 124 valence electrons. The molecule has 0 spiro atoms. The fourth-order valence-electron chi connectivity index (χ4n) is 3.44. The number of sulfonamides is 1. The molecule has 0 radical (unpaired) electrons. The van der Waals surface area contributed by atoms with Gasteiger partial charge in [0.15, 0.2) is 5.03 Å². The van der Waals surface area contributed by atoms with Crippen LogP contribution in [0.2, 0.25) is 0 Å². The van der Waals surface area contributed by atoms with E-state index < -0.39 is 10.0 Å². The topological polar surface area (TPSA) is 67.2 Å². The lowest BCUT2D eigenvalue weighted by molar-refractivity contribution is 0.261. The normalized spacial score (nSPS) is 20.3. The van der Waals surface area contributed by atoms with Gasteiger partial charge in [-0.1, -0.05) is 6.92 Å². The maximum absolute atomic E-state index is 13.1. The first-order valence-corrected chi connectivity index (χ1v) is 9.85. The van der Waals surface area contributed by atoms with Crippen molar-refractivity contribution in [2.45, 2.75) is 63.1 Å². The lowest BCUT2D eigenvalue weighted by atomic mass is 10.1. The number of nitrogens with zero attached hydrogens (tertiary/aromatic N) is 3. The molecule has 1 N–H and O–H groups in total. The molecule has 2 aliphatic rings. The Morgan fingerprint density at radius 2 is 2.14 bits per heavy atom. The van der Waals surface area contributed by atoms with E-state index in [2.05, 4.69) is 10.3 Å². The summed E-state index contributed by atoms with van der Waals surface area (Å²) in [5.74, 6) is 0.923. The number of imidazole rings is 1. The predicted octanol–water partition coefficient (Wildman–Crippen LogP) is 1.37. The van der Waals surface area contributed by atoms with Crippen LogP contribution in [0.25, 0.3) is 0 Å². The molecule has 0 unspecified atom stereocenters. The van der Waals surface area contributed by atoms with Crippen LogP contribution < -0.4 is 5.32 Å². The Bertz CT molecular complexity index is 582. The first-order valence-electron chi connectivity index (χ1n) is 8.41. The van der Waals surface area contributed by atoms with E-state index in [1.165, 1.54) is 0 Å². The summed E-state index contributed by atoms with van der Waals surface area (Å²) < 4.78 is 29.9. The Balaban J connectivity index is 1.89. The molecular weight excluding hydrogens is 300 g/mol. The number of hydrogen-bond acceptors (Lipinski definition) is 4. The highest BCUT2D eigenvalue weighted by Gasteiger charge is 2.34. The SMILES string of the molecule is CCCN(C1CCNCC1)S(=O)(=O)c1cn2c(n1)CCCC2. The minimum atomic E-state index is -3.48. The largest absolute Gasteiger partial charge is 0.333 e. The van der Waals surface area contributed by atoms with Crippen molar-refractivity contribution in [1.29, 1.82) is 0 Å². The van der Waals surface area contributed by atoms with Crippen molar-refractivity contribution in [3.63, 3.8) is 0 Å². The summed E-state index contributed by atoms with van der Waals surface area (Å²) in [7, 11) is -3.48. The smallest absolute Gasteiger partial charge is 0.262 e. The van der Waals surface area contributed by atoms with Gasteiger partial charge in [0.05, 0.1) is 0 Å². The fourth-order valence-corrected chi connectivity index (χ4v) is 5.19. The van der Waals surface area contributed by atoms with Crippen molar-refractivity contribution >= 4 is 10.0 Å². The zero-order valence-electron chi connectivity index (χ0n) is 13.3. The molecule has 2 aliphatic heterocycles. The minimum Gasteiger partial charge on any atom is -0.333 e. The standard InChI is InChI=1S/C15H26N4O2S/c1-2-10-19(13-6-8-16-9-7-13)22(20,21)15-12-18-11-4-3-5-14(18)17-15/h12-13,16H,2-11H2,1H3. The highest BCUT2D eigenvalue weighted by molar-refractivity contribution is 7.89. The van der Waals surface area contributed by atoms with Crippen LogP contribution >= 0.6 is 0 Å². The molecule has 0 aliphatic carbocycles. The Morgan fingerprint density at radius 3 is 2.82 bits per heavy atom.